The van der Waals surface area contributed by atoms with Gasteiger partial charge < -0.3 is 10.6 Å². The fourth-order valence-corrected chi connectivity index (χ4v) is 2.14. The van der Waals surface area contributed by atoms with Crippen molar-refractivity contribution in [3.8, 4) is 0 Å². The van der Waals surface area contributed by atoms with Crippen molar-refractivity contribution in [2.24, 2.45) is 0 Å². The Kier molecular flexibility index (Phi) is 4.82. The molecular weight excluding hydrogens is 302 g/mol. The van der Waals surface area contributed by atoms with Crippen LogP contribution < -0.4 is 10.6 Å². The van der Waals surface area contributed by atoms with Gasteiger partial charge >= 0.3 is 0 Å². The van der Waals surface area contributed by atoms with Crippen LogP contribution in [0, 0.1) is 5.82 Å². The van der Waals surface area contributed by atoms with E-state index >= 15 is 0 Å². The lowest BCUT2D eigenvalue weighted by molar-refractivity contribution is -0.114. The second kappa shape index (κ2) is 6.59. The van der Waals surface area contributed by atoms with Gasteiger partial charge in [-0.05, 0) is 24.3 Å². The topological polar surface area (TPSA) is 41.1 Å². The van der Waals surface area contributed by atoms with E-state index in [9.17, 15) is 9.18 Å². The maximum Gasteiger partial charge on any atom is 0.243 e. The predicted octanol–water partition coefficient (Wildman–Crippen LogP) is 4.18. The van der Waals surface area contributed by atoms with E-state index in [1.807, 2.05) is 30.3 Å². The summed E-state index contributed by atoms with van der Waals surface area (Å²) in [5.41, 5.74) is 1.02. The summed E-state index contributed by atoms with van der Waals surface area (Å²) in [6.07, 6.45) is 0. The third kappa shape index (κ3) is 3.85. The van der Waals surface area contributed by atoms with E-state index < -0.39 is 5.82 Å². The van der Waals surface area contributed by atoms with Crippen LogP contribution in [0.15, 0.2) is 42.5 Å². The van der Waals surface area contributed by atoms with Crippen LogP contribution in [-0.2, 0) is 4.79 Å². The molecule has 0 atom stereocenters. The van der Waals surface area contributed by atoms with Gasteiger partial charge in [0.15, 0.2) is 0 Å². The van der Waals surface area contributed by atoms with Gasteiger partial charge in [0.2, 0.25) is 5.91 Å². The normalized spacial score (nSPS) is 10.2. The van der Waals surface area contributed by atoms with Gasteiger partial charge in [-0.2, -0.15) is 0 Å². The molecule has 0 spiro atoms. The van der Waals surface area contributed by atoms with Gasteiger partial charge in [-0.1, -0.05) is 41.4 Å². The summed E-state index contributed by atoms with van der Waals surface area (Å²) in [6.45, 7) is 0.0497. The first-order valence-corrected chi connectivity index (χ1v) is 6.55. The standard InChI is InChI=1S/C14H11Cl2FN2O/c15-11-6-9(17)7-12(16)14(11)19-13(20)8-18-10-4-2-1-3-5-10/h1-7,18H,8H2,(H,19,20). The van der Waals surface area contributed by atoms with Crippen molar-refractivity contribution in [2.75, 3.05) is 17.2 Å². The van der Waals surface area contributed by atoms with Crippen LogP contribution in [0.3, 0.4) is 0 Å². The Bertz CT molecular complexity index is 597. The zero-order valence-corrected chi connectivity index (χ0v) is 11.8. The monoisotopic (exact) mass is 312 g/mol. The number of hydrogen-bond donors (Lipinski definition) is 2. The van der Waals surface area contributed by atoms with Crippen molar-refractivity contribution in [1.82, 2.24) is 0 Å². The molecule has 6 heteroatoms. The molecule has 0 heterocycles. The maximum atomic E-state index is 13.0. The van der Waals surface area contributed by atoms with E-state index in [4.69, 9.17) is 23.2 Å². The van der Waals surface area contributed by atoms with E-state index in [1.54, 1.807) is 0 Å². The number of carbonyl (C=O) groups excluding carboxylic acids is 1. The Balaban J connectivity index is 1.98. The molecule has 0 aromatic heterocycles. The number of hydrogen-bond acceptors (Lipinski definition) is 2. The molecule has 2 rings (SSSR count). The molecule has 104 valence electrons. The molecule has 0 aliphatic heterocycles. The van der Waals surface area contributed by atoms with E-state index in [0.717, 1.165) is 17.8 Å². The van der Waals surface area contributed by atoms with Gasteiger partial charge in [0.25, 0.3) is 0 Å². The molecule has 2 aromatic rings. The van der Waals surface area contributed by atoms with Crippen LogP contribution in [0.25, 0.3) is 0 Å². The van der Waals surface area contributed by atoms with Crippen LogP contribution in [0.1, 0.15) is 0 Å². The van der Waals surface area contributed by atoms with Gasteiger partial charge in [-0.15, -0.1) is 0 Å². The molecule has 0 aliphatic carbocycles. The van der Waals surface area contributed by atoms with Gasteiger partial charge in [0, 0.05) is 5.69 Å². The van der Waals surface area contributed by atoms with Crippen molar-refractivity contribution in [1.29, 1.82) is 0 Å². The number of carbonyl (C=O) groups is 1. The fourth-order valence-electron chi connectivity index (χ4n) is 1.58. The summed E-state index contributed by atoms with van der Waals surface area (Å²) >= 11 is 11.7. The summed E-state index contributed by atoms with van der Waals surface area (Å²) in [7, 11) is 0. The summed E-state index contributed by atoms with van der Waals surface area (Å²) in [6, 6.07) is 11.4. The Morgan fingerprint density at radius 1 is 1.10 bits per heavy atom. The first-order valence-electron chi connectivity index (χ1n) is 5.79. The van der Waals surface area contributed by atoms with Crippen LogP contribution in [0.4, 0.5) is 15.8 Å². The Morgan fingerprint density at radius 2 is 1.70 bits per heavy atom. The molecule has 3 nitrogen and oxygen atoms in total. The molecule has 0 bridgehead atoms. The van der Waals surface area contributed by atoms with Crippen molar-refractivity contribution in [2.45, 2.75) is 0 Å². The smallest absolute Gasteiger partial charge is 0.243 e. The predicted molar refractivity (Wildman–Crippen MR) is 80.0 cm³/mol. The molecule has 0 radical (unpaired) electrons. The molecule has 0 aliphatic rings. The maximum absolute atomic E-state index is 13.0. The van der Waals surface area contributed by atoms with Gasteiger partial charge in [0.1, 0.15) is 5.82 Å². The van der Waals surface area contributed by atoms with Gasteiger partial charge in [-0.25, -0.2) is 4.39 Å². The Labute approximate surface area is 125 Å². The fraction of sp³-hybridized carbons (Fsp3) is 0.0714. The molecule has 0 unspecified atom stereocenters. The Hall–Kier alpha value is -1.78. The number of halogens is 3. The van der Waals surface area contributed by atoms with Gasteiger partial charge in [0.05, 0.1) is 22.3 Å². The number of rotatable bonds is 4. The number of amides is 1. The number of anilines is 2. The Morgan fingerprint density at radius 3 is 2.30 bits per heavy atom. The highest BCUT2D eigenvalue weighted by Gasteiger charge is 2.11. The molecule has 1 amide bonds. The minimum atomic E-state index is -0.555. The SMILES string of the molecule is O=C(CNc1ccccc1)Nc1c(Cl)cc(F)cc1Cl. The number of nitrogens with one attached hydrogen (secondary N) is 2. The first-order chi connectivity index (χ1) is 9.56. The van der Waals surface area contributed by atoms with Crippen LogP contribution in [0.2, 0.25) is 10.0 Å². The quantitative estimate of drug-likeness (QED) is 0.889. The van der Waals surface area contributed by atoms with E-state index in [0.29, 0.717) is 0 Å². The molecule has 20 heavy (non-hydrogen) atoms. The largest absolute Gasteiger partial charge is 0.376 e. The summed E-state index contributed by atoms with van der Waals surface area (Å²) < 4.78 is 13.0. The lowest BCUT2D eigenvalue weighted by atomic mass is 10.3. The second-order valence-electron chi connectivity index (χ2n) is 4.01. The molecular formula is C14H11Cl2FN2O. The minimum absolute atomic E-state index is 0.0497. The van der Waals surface area contributed by atoms with E-state index in [-0.39, 0.29) is 28.2 Å². The number of benzene rings is 2. The molecule has 2 aromatic carbocycles. The molecule has 0 saturated heterocycles. The van der Waals surface area contributed by atoms with Crippen molar-refractivity contribution in [3.05, 3.63) is 58.3 Å². The van der Waals surface area contributed by atoms with Crippen molar-refractivity contribution >= 4 is 40.5 Å². The summed E-state index contributed by atoms with van der Waals surface area (Å²) in [5.74, 6) is -0.885. The van der Waals surface area contributed by atoms with E-state index in [1.165, 1.54) is 0 Å². The highest BCUT2D eigenvalue weighted by atomic mass is 35.5. The number of para-hydroxylation sites is 1. The van der Waals surface area contributed by atoms with Crippen LogP contribution in [0.5, 0.6) is 0 Å². The summed E-state index contributed by atoms with van der Waals surface area (Å²) in [4.78, 5) is 11.8. The first kappa shape index (κ1) is 14.6. The summed E-state index contributed by atoms with van der Waals surface area (Å²) in [5, 5.41) is 5.60. The molecule has 2 N–H and O–H groups in total. The zero-order chi connectivity index (χ0) is 14.5. The highest BCUT2D eigenvalue weighted by molar-refractivity contribution is 6.39. The highest BCUT2D eigenvalue weighted by Crippen LogP contribution is 2.31. The minimum Gasteiger partial charge on any atom is -0.376 e. The third-order valence-electron chi connectivity index (χ3n) is 2.50. The molecule has 0 fully saturated rings. The lowest BCUT2D eigenvalue weighted by Gasteiger charge is -2.10. The van der Waals surface area contributed by atoms with Crippen LogP contribution >= 0.6 is 23.2 Å². The lowest BCUT2D eigenvalue weighted by Crippen LogP contribution is -2.22. The average Bonchev–Trinajstić information content (AvgIpc) is 2.42. The van der Waals surface area contributed by atoms with E-state index in [2.05, 4.69) is 10.6 Å². The van der Waals surface area contributed by atoms with Crippen LogP contribution in [-0.4, -0.2) is 12.5 Å². The van der Waals surface area contributed by atoms with Crippen molar-refractivity contribution in [3.63, 3.8) is 0 Å². The average molecular weight is 313 g/mol. The van der Waals surface area contributed by atoms with Gasteiger partial charge in [-0.3, -0.25) is 4.79 Å². The van der Waals surface area contributed by atoms with Crippen molar-refractivity contribution < 1.29 is 9.18 Å². The zero-order valence-electron chi connectivity index (χ0n) is 10.3. The third-order valence-corrected chi connectivity index (χ3v) is 3.09. The second-order valence-corrected chi connectivity index (χ2v) is 4.83. The molecule has 0 saturated carbocycles.